The Morgan fingerprint density at radius 1 is 1.00 bits per heavy atom. The van der Waals surface area contributed by atoms with Gasteiger partial charge in [0.2, 0.25) is 0 Å². The van der Waals surface area contributed by atoms with Crippen LogP contribution >= 0.6 is 11.3 Å². The Bertz CT molecular complexity index is 576. The van der Waals surface area contributed by atoms with E-state index >= 15 is 0 Å². The average molecular weight is 283 g/mol. The molecule has 0 spiro atoms. The molecule has 1 aromatic heterocycles. The molecule has 20 heavy (non-hydrogen) atoms. The fraction of sp³-hybridized carbons (Fsp3) is 0.500. The molecule has 0 unspecified atom stereocenters. The van der Waals surface area contributed by atoms with Crippen molar-refractivity contribution in [2.75, 3.05) is 0 Å². The van der Waals surface area contributed by atoms with Crippen molar-refractivity contribution in [1.82, 2.24) is 4.98 Å². The van der Waals surface area contributed by atoms with Crippen LogP contribution in [0.2, 0.25) is 0 Å². The van der Waals surface area contributed by atoms with Crippen LogP contribution in [0.25, 0.3) is 0 Å². The van der Waals surface area contributed by atoms with Crippen LogP contribution in [0.3, 0.4) is 0 Å². The number of thiazole rings is 1. The summed E-state index contributed by atoms with van der Waals surface area (Å²) in [6.45, 7) is 0. The van der Waals surface area contributed by atoms with Gasteiger partial charge in [-0.1, -0.05) is 49.6 Å². The number of rotatable bonds is 3. The summed E-state index contributed by atoms with van der Waals surface area (Å²) in [6, 6.07) is 11.1. The van der Waals surface area contributed by atoms with Gasteiger partial charge in [0.05, 0.1) is 5.69 Å². The summed E-state index contributed by atoms with van der Waals surface area (Å²) in [7, 11) is 0. The molecule has 104 valence electrons. The van der Waals surface area contributed by atoms with Gasteiger partial charge in [0.15, 0.2) is 0 Å². The number of aromatic nitrogens is 1. The molecule has 2 aliphatic rings. The molecule has 0 atom stereocenters. The number of hydrogen-bond donors (Lipinski definition) is 0. The molecule has 0 N–H and O–H groups in total. The van der Waals surface area contributed by atoms with Gasteiger partial charge in [-0.3, -0.25) is 0 Å². The maximum Gasteiger partial charge on any atom is 0.103 e. The highest BCUT2D eigenvalue weighted by atomic mass is 32.1. The van der Waals surface area contributed by atoms with Gasteiger partial charge in [0, 0.05) is 16.7 Å². The standard InChI is InChI=1S/C18H21NS/c1-3-7-15(8-4-1)18(11-5-2-6-12-18)17-19-16(13-20-17)14-9-10-14/h1,3-4,7-8,13-14H,2,5-6,9-12H2. The summed E-state index contributed by atoms with van der Waals surface area (Å²) < 4.78 is 0. The third-order valence-corrected chi connectivity index (χ3v) is 6.03. The van der Waals surface area contributed by atoms with E-state index in [2.05, 4.69) is 35.7 Å². The van der Waals surface area contributed by atoms with Crippen molar-refractivity contribution in [3.8, 4) is 0 Å². The Kier molecular flexibility index (Phi) is 3.14. The molecule has 0 aliphatic heterocycles. The van der Waals surface area contributed by atoms with Crippen LogP contribution in [0.15, 0.2) is 35.7 Å². The molecule has 1 nitrogen and oxygen atoms in total. The van der Waals surface area contributed by atoms with E-state index < -0.39 is 0 Å². The van der Waals surface area contributed by atoms with E-state index in [1.165, 1.54) is 61.2 Å². The normalized spacial score (nSPS) is 21.8. The maximum absolute atomic E-state index is 5.06. The molecule has 0 amide bonds. The highest BCUT2D eigenvalue weighted by Crippen LogP contribution is 2.48. The largest absolute Gasteiger partial charge is 0.245 e. The van der Waals surface area contributed by atoms with Gasteiger partial charge in [0.1, 0.15) is 5.01 Å². The minimum absolute atomic E-state index is 0.206. The first-order chi connectivity index (χ1) is 9.88. The minimum Gasteiger partial charge on any atom is -0.245 e. The smallest absolute Gasteiger partial charge is 0.103 e. The first-order valence-electron chi connectivity index (χ1n) is 7.90. The van der Waals surface area contributed by atoms with Gasteiger partial charge in [-0.2, -0.15) is 0 Å². The fourth-order valence-corrected chi connectivity index (χ4v) is 4.79. The summed E-state index contributed by atoms with van der Waals surface area (Å²) in [4.78, 5) is 5.06. The highest BCUT2D eigenvalue weighted by Gasteiger charge is 2.39. The minimum atomic E-state index is 0.206. The van der Waals surface area contributed by atoms with Gasteiger partial charge in [-0.25, -0.2) is 4.98 Å². The second-order valence-electron chi connectivity index (χ2n) is 6.36. The van der Waals surface area contributed by atoms with Crippen LogP contribution in [0, 0.1) is 0 Å². The number of hydrogen-bond acceptors (Lipinski definition) is 2. The Morgan fingerprint density at radius 3 is 2.45 bits per heavy atom. The highest BCUT2D eigenvalue weighted by molar-refractivity contribution is 7.09. The van der Waals surface area contributed by atoms with Crippen molar-refractivity contribution >= 4 is 11.3 Å². The molecule has 0 saturated heterocycles. The summed E-state index contributed by atoms with van der Waals surface area (Å²) in [5, 5.41) is 3.71. The lowest BCUT2D eigenvalue weighted by Crippen LogP contribution is -2.30. The van der Waals surface area contributed by atoms with Gasteiger partial charge in [-0.05, 0) is 31.2 Å². The monoisotopic (exact) mass is 283 g/mol. The molecular weight excluding hydrogens is 262 g/mol. The van der Waals surface area contributed by atoms with Crippen molar-refractivity contribution in [3.05, 3.63) is 52.0 Å². The van der Waals surface area contributed by atoms with E-state index in [0.717, 1.165) is 5.92 Å². The Balaban J connectivity index is 1.77. The van der Waals surface area contributed by atoms with Gasteiger partial charge in [-0.15, -0.1) is 11.3 Å². The van der Waals surface area contributed by atoms with Gasteiger partial charge >= 0.3 is 0 Å². The topological polar surface area (TPSA) is 12.9 Å². The summed E-state index contributed by atoms with van der Waals surface area (Å²) in [5.41, 5.74) is 3.06. The lowest BCUT2D eigenvalue weighted by atomic mass is 9.70. The average Bonchev–Trinajstić information content (AvgIpc) is 3.26. The molecule has 1 heterocycles. The molecule has 1 aromatic carbocycles. The summed E-state index contributed by atoms with van der Waals surface area (Å²) in [5.74, 6) is 0.774. The second kappa shape index (κ2) is 5.00. The van der Waals surface area contributed by atoms with Crippen molar-refractivity contribution < 1.29 is 0 Å². The third kappa shape index (κ3) is 2.10. The van der Waals surface area contributed by atoms with Crippen molar-refractivity contribution in [3.63, 3.8) is 0 Å². The maximum atomic E-state index is 5.06. The Hall–Kier alpha value is -1.15. The molecular formula is C18H21NS. The summed E-state index contributed by atoms with van der Waals surface area (Å²) in [6.07, 6.45) is 9.31. The fourth-order valence-electron chi connectivity index (χ4n) is 3.61. The van der Waals surface area contributed by atoms with Crippen LogP contribution in [0.4, 0.5) is 0 Å². The van der Waals surface area contributed by atoms with Crippen LogP contribution in [0.1, 0.15) is 67.1 Å². The first kappa shape index (κ1) is 12.6. The van der Waals surface area contributed by atoms with Crippen LogP contribution < -0.4 is 0 Å². The predicted octanol–water partition coefficient (Wildman–Crippen LogP) is 5.27. The van der Waals surface area contributed by atoms with Crippen LogP contribution in [-0.2, 0) is 5.41 Å². The molecule has 0 radical (unpaired) electrons. The number of benzene rings is 1. The lowest BCUT2D eigenvalue weighted by Gasteiger charge is -2.36. The van der Waals surface area contributed by atoms with Crippen molar-refractivity contribution in [1.29, 1.82) is 0 Å². The predicted molar refractivity (Wildman–Crippen MR) is 84.4 cm³/mol. The Morgan fingerprint density at radius 2 is 1.75 bits per heavy atom. The van der Waals surface area contributed by atoms with Crippen molar-refractivity contribution in [2.45, 2.75) is 56.3 Å². The zero-order valence-electron chi connectivity index (χ0n) is 11.8. The quantitative estimate of drug-likeness (QED) is 0.747. The van der Waals surface area contributed by atoms with Crippen molar-refractivity contribution in [2.24, 2.45) is 0 Å². The zero-order chi connectivity index (χ0) is 13.4. The van der Waals surface area contributed by atoms with E-state index in [0.29, 0.717) is 0 Å². The van der Waals surface area contributed by atoms with Gasteiger partial charge < -0.3 is 0 Å². The lowest BCUT2D eigenvalue weighted by molar-refractivity contribution is 0.344. The van der Waals surface area contributed by atoms with E-state index in [-0.39, 0.29) is 5.41 Å². The van der Waals surface area contributed by atoms with E-state index in [1.54, 1.807) is 0 Å². The molecule has 2 aliphatic carbocycles. The molecule has 2 saturated carbocycles. The second-order valence-corrected chi connectivity index (χ2v) is 7.22. The molecule has 2 heteroatoms. The Labute approximate surface area is 125 Å². The van der Waals surface area contributed by atoms with Crippen LogP contribution in [-0.4, -0.2) is 4.98 Å². The number of nitrogens with zero attached hydrogens (tertiary/aromatic N) is 1. The molecule has 2 aromatic rings. The summed E-state index contributed by atoms with van der Waals surface area (Å²) >= 11 is 1.91. The van der Waals surface area contributed by atoms with E-state index in [1.807, 2.05) is 11.3 Å². The van der Waals surface area contributed by atoms with Gasteiger partial charge in [0.25, 0.3) is 0 Å². The van der Waals surface area contributed by atoms with Crippen LogP contribution in [0.5, 0.6) is 0 Å². The molecule has 4 rings (SSSR count). The van der Waals surface area contributed by atoms with E-state index in [4.69, 9.17) is 4.98 Å². The SMILES string of the molecule is c1ccc(C2(c3nc(C4CC4)cs3)CCCCC2)cc1. The van der Waals surface area contributed by atoms with E-state index in [9.17, 15) is 0 Å². The molecule has 2 fully saturated rings. The first-order valence-corrected chi connectivity index (χ1v) is 8.78. The zero-order valence-corrected chi connectivity index (χ0v) is 12.7. The molecule has 0 bridgehead atoms. The third-order valence-electron chi connectivity index (χ3n) is 4.96.